The molecule has 0 spiro atoms. The molecule has 1 N–H and O–H groups in total. The molecule has 0 bridgehead atoms. The van der Waals surface area contributed by atoms with Crippen molar-refractivity contribution in [3.8, 4) is 0 Å². The predicted molar refractivity (Wildman–Crippen MR) is 52.0 cm³/mol. The van der Waals surface area contributed by atoms with E-state index in [1.54, 1.807) is 7.05 Å². The quantitative estimate of drug-likeness (QED) is 0.810. The van der Waals surface area contributed by atoms with Crippen molar-refractivity contribution >= 4 is 16.9 Å². The minimum atomic E-state index is -0.954. The monoisotopic (exact) mass is 208 g/mol. The summed E-state index contributed by atoms with van der Waals surface area (Å²) in [6.45, 7) is 0. The second kappa shape index (κ2) is 3.34. The molecule has 0 radical (unpaired) electrons. The van der Waals surface area contributed by atoms with Crippen LogP contribution in [0.2, 0.25) is 0 Å². The minimum Gasteiger partial charge on any atom is -0.481 e. The molecule has 0 saturated heterocycles. The molecule has 0 aliphatic heterocycles. The first-order valence-corrected chi connectivity index (χ1v) is 4.41. The fourth-order valence-electron chi connectivity index (χ4n) is 1.58. The van der Waals surface area contributed by atoms with Gasteiger partial charge in [0.25, 0.3) is 0 Å². The molecule has 1 aromatic carbocycles. The summed E-state index contributed by atoms with van der Waals surface area (Å²) < 4.78 is 14.4. The number of benzene rings is 1. The maximum atomic E-state index is 13.0. The number of aliphatic carboxylic acids is 1. The van der Waals surface area contributed by atoms with E-state index < -0.39 is 5.97 Å². The molecule has 0 saturated carbocycles. The van der Waals surface area contributed by atoms with E-state index in [4.69, 9.17) is 5.11 Å². The Morgan fingerprint density at radius 3 is 3.00 bits per heavy atom. The van der Waals surface area contributed by atoms with E-state index in [0.29, 0.717) is 16.6 Å². The van der Waals surface area contributed by atoms with Gasteiger partial charge in [0, 0.05) is 12.4 Å². The van der Waals surface area contributed by atoms with Gasteiger partial charge < -0.3 is 5.11 Å². The van der Waals surface area contributed by atoms with E-state index in [-0.39, 0.29) is 12.2 Å². The lowest BCUT2D eigenvalue weighted by Gasteiger charge is -1.97. The van der Waals surface area contributed by atoms with Gasteiger partial charge in [0.1, 0.15) is 5.82 Å². The Hall–Kier alpha value is -1.91. The number of hydrogen-bond acceptors (Lipinski definition) is 2. The molecule has 1 aromatic heterocycles. The Balaban J connectivity index is 2.65. The van der Waals surface area contributed by atoms with Crippen LogP contribution in [0.15, 0.2) is 18.2 Å². The lowest BCUT2D eigenvalue weighted by atomic mass is 10.1. The molecule has 1 heterocycles. The Morgan fingerprint density at radius 2 is 2.33 bits per heavy atom. The van der Waals surface area contributed by atoms with Crippen molar-refractivity contribution in [2.45, 2.75) is 6.42 Å². The van der Waals surface area contributed by atoms with Crippen LogP contribution in [0.5, 0.6) is 0 Å². The van der Waals surface area contributed by atoms with Crippen LogP contribution >= 0.6 is 0 Å². The molecular weight excluding hydrogens is 199 g/mol. The average Bonchev–Trinajstić information content (AvgIpc) is 2.43. The van der Waals surface area contributed by atoms with Gasteiger partial charge in [0.2, 0.25) is 0 Å². The number of carbonyl (C=O) groups is 1. The van der Waals surface area contributed by atoms with Crippen LogP contribution in [-0.2, 0) is 18.3 Å². The number of aromatic nitrogens is 2. The number of hydrogen-bond donors (Lipinski definition) is 1. The van der Waals surface area contributed by atoms with Crippen LogP contribution in [0.1, 0.15) is 5.69 Å². The first-order chi connectivity index (χ1) is 7.08. The fourth-order valence-corrected chi connectivity index (χ4v) is 1.58. The second-order valence-electron chi connectivity index (χ2n) is 3.30. The fraction of sp³-hybridized carbons (Fsp3) is 0.200. The highest BCUT2D eigenvalue weighted by molar-refractivity contribution is 5.85. The Labute approximate surface area is 84.9 Å². The SMILES string of the molecule is Cn1nc2ccc(F)cc2c1CC(=O)O. The van der Waals surface area contributed by atoms with Crippen molar-refractivity contribution in [2.24, 2.45) is 7.05 Å². The molecule has 78 valence electrons. The van der Waals surface area contributed by atoms with Gasteiger partial charge in [0.15, 0.2) is 0 Å². The molecule has 5 heteroatoms. The van der Waals surface area contributed by atoms with Gasteiger partial charge in [-0.1, -0.05) is 0 Å². The van der Waals surface area contributed by atoms with Gasteiger partial charge >= 0.3 is 5.97 Å². The van der Waals surface area contributed by atoms with Crippen molar-refractivity contribution < 1.29 is 14.3 Å². The van der Waals surface area contributed by atoms with E-state index >= 15 is 0 Å². The molecule has 0 aliphatic carbocycles. The van der Waals surface area contributed by atoms with Crippen molar-refractivity contribution in [3.05, 3.63) is 29.7 Å². The number of rotatable bonds is 2. The highest BCUT2D eigenvalue weighted by Gasteiger charge is 2.12. The summed E-state index contributed by atoms with van der Waals surface area (Å²) in [4.78, 5) is 10.6. The maximum absolute atomic E-state index is 13.0. The Kier molecular flexibility index (Phi) is 2.15. The molecule has 0 unspecified atom stereocenters. The van der Waals surface area contributed by atoms with Gasteiger partial charge in [-0.3, -0.25) is 9.48 Å². The first kappa shape index (κ1) is 9.64. The summed E-state index contributed by atoms with van der Waals surface area (Å²) in [5.41, 5.74) is 1.12. The summed E-state index contributed by atoms with van der Waals surface area (Å²) in [7, 11) is 1.65. The molecule has 0 aliphatic rings. The van der Waals surface area contributed by atoms with Gasteiger partial charge in [-0.25, -0.2) is 4.39 Å². The summed E-state index contributed by atoms with van der Waals surface area (Å²) in [5.74, 6) is -1.34. The topological polar surface area (TPSA) is 55.1 Å². The zero-order valence-electron chi connectivity index (χ0n) is 8.07. The van der Waals surface area contributed by atoms with E-state index in [1.165, 1.54) is 22.9 Å². The first-order valence-electron chi connectivity index (χ1n) is 4.41. The van der Waals surface area contributed by atoms with Gasteiger partial charge in [0.05, 0.1) is 17.6 Å². The number of aryl methyl sites for hydroxylation is 1. The Bertz CT molecular complexity index is 533. The molecule has 2 aromatic rings. The third kappa shape index (κ3) is 1.68. The minimum absolute atomic E-state index is 0.156. The molecular formula is C10H9FN2O2. The lowest BCUT2D eigenvalue weighted by Crippen LogP contribution is -2.06. The summed E-state index contributed by atoms with van der Waals surface area (Å²) in [6, 6.07) is 4.15. The van der Waals surface area contributed by atoms with Gasteiger partial charge in [-0.15, -0.1) is 0 Å². The number of carboxylic acids is 1. The highest BCUT2D eigenvalue weighted by Crippen LogP contribution is 2.19. The standard InChI is InChI=1S/C10H9FN2O2/c1-13-9(5-10(14)15)7-4-6(11)2-3-8(7)12-13/h2-4H,5H2,1H3,(H,14,15). The highest BCUT2D eigenvalue weighted by atomic mass is 19.1. The van der Waals surface area contributed by atoms with E-state index in [1.807, 2.05) is 0 Å². The lowest BCUT2D eigenvalue weighted by molar-refractivity contribution is -0.136. The maximum Gasteiger partial charge on any atom is 0.309 e. The zero-order chi connectivity index (χ0) is 11.0. The number of carboxylic acid groups (broad SMARTS) is 1. The third-order valence-electron chi connectivity index (χ3n) is 2.24. The third-order valence-corrected chi connectivity index (χ3v) is 2.24. The molecule has 0 amide bonds. The van der Waals surface area contributed by atoms with Crippen LogP contribution in [0.4, 0.5) is 4.39 Å². The summed E-state index contributed by atoms with van der Waals surface area (Å²) in [5, 5.41) is 13.4. The van der Waals surface area contributed by atoms with E-state index in [0.717, 1.165) is 0 Å². The molecule has 2 rings (SSSR count). The van der Waals surface area contributed by atoms with Crippen molar-refractivity contribution in [3.63, 3.8) is 0 Å². The van der Waals surface area contributed by atoms with Gasteiger partial charge in [-0.2, -0.15) is 5.10 Å². The zero-order valence-corrected chi connectivity index (χ0v) is 8.07. The van der Waals surface area contributed by atoms with Crippen LogP contribution in [0, 0.1) is 5.82 Å². The second-order valence-corrected chi connectivity index (χ2v) is 3.30. The van der Waals surface area contributed by atoms with Crippen molar-refractivity contribution in [2.75, 3.05) is 0 Å². The Morgan fingerprint density at radius 1 is 1.60 bits per heavy atom. The number of nitrogens with zero attached hydrogens (tertiary/aromatic N) is 2. The van der Waals surface area contributed by atoms with Crippen LogP contribution in [0.25, 0.3) is 10.9 Å². The van der Waals surface area contributed by atoms with E-state index in [9.17, 15) is 9.18 Å². The number of halogens is 1. The normalized spacial score (nSPS) is 10.8. The van der Waals surface area contributed by atoms with Crippen LogP contribution in [-0.4, -0.2) is 20.9 Å². The smallest absolute Gasteiger partial charge is 0.309 e. The molecule has 4 nitrogen and oxygen atoms in total. The van der Waals surface area contributed by atoms with Crippen molar-refractivity contribution in [1.82, 2.24) is 9.78 Å². The van der Waals surface area contributed by atoms with Crippen molar-refractivity contribution in [1.29, 1.82) is 0 Å². The summed E-state index contributed by atoms with van der Waals surface area (Å²) in [6.07, 6.45) is -0.156. The molecule has 0 atom stereocenters. The summed E-state index contributed by atoms with van der Waals surface area (Å²) >= 11 is 0. The van der Waals surface area contributed by atoms with Crippen LogP contribution < -0.4 is 0 Å². The number of fused-ring (bicyclic) bond motifs is 1. The van der Waals surface area contributed by atoms with Gasteiger partial charge in [-0.05, 0) is 18.2 Å². The molecule has 0 fully saturated rings. The molecule has 15 heavy (non-hydrogen) atoms. The van der Waals surface area contributed by atoms with Crippen LogP contribution in [0.3, 0.4) is 0 Å². The predicted octanol–water partition coefficient (Wildman–Crippen LogP) is 1.34. The van der Waals surface area contributed by atoms with E-state index in [2.05, 4.69) is 5.10 Å². The largest absolute Gasteiger partial charge is 0.481 e. The average molecular weight is 208 g/mol.